The molecule has 1 fully saturated rings. The fraction of sp³-hybridized carbons (Fsp3) is 0.227. The molecule has 0 amide bonds. The molecule has 2 aromatic carbocycles. The number of furan rings is 1. The van der Waals surface area contributed by atoms with Crippen molar-refractivity contribution in [3.05, 3.63) is 84.8 Å². The molecule has 1 unspecified atom stereocenters. The molecule has 144 valence electrons. The SMILES string of the molecule is O=CCC(c1ccco1)P1(=O)N(c2ccccc2)CCCN1c1ccccc1. The maximum absolute atomic E-state index is 14.9. The third-order valence-electron chi connectivity index (χ3n) is 5.14. The summed E-state index contributed by atoms with van der Waals surface area (Å²) in [4.78, 5) is 11.6. The highest BCUT2D eigenvalue weighted by molar-refractivity contribution is 7.67. The van der Waals surface area contributed by atoms with E-state index in [4.69, 9.17) is 4.42 Å². The second-order valence-corrected chi connectivity index (χ2v) is 9.56. The monoisotopic (exact) mass is 394 g/mol. The van der Waals surface area contributed by atoms with E-state index < -0.39 is 13.1 Å². The maximum Gasteiger partial charge on any atom is 0.273 e. The van der Waals surface area contributed by atoms with Crippen LogP contribution in [-0.4, -0.2) is 19.4 Å². The van der Waals surface area contributed by atoms with E-state index in [1.54, 1.807) is 12.3 Å². The van der Waals surface area contributed by atoms with Gasteiger partial charge in [0.1, 0.15) is 17.7 Å². The number of carbonyl (C=O) groups excluding carboxylic acids is 1. The Balaban J connectivity index is 1.89. The molecule has 1 aliphatic rings. The number of anilines is 2. The molecule has 0 spiro atoms. The molecular formula is C22H23N2O3P. The first-order valence-electron chi connectivity index (χ1n) is 9.48. The number of hydrogen-bond acceptors (Lipinski definition) is 3. The number of para-hydroxylation sites is 2. The van der Waals surface area contributed by atoms with Crippen LogP contribution in [0.25, 0.3) is 0 Å². The van der Waals surface area contributed by atoms with Gasteiger partial charge in [0, 0.05) is 30.9 Å². The van der Waals surface area contributed by atoms with Crippen LogP contribution in [0.4, 0.5) is 11.4 Å². The first-order chi connectivity index (χ1) is 13.7. The smallest absolute Gasteiger partial charge is 0.273 e. The number of rotatable bonds is 6. The minimum Gasteiger partial charge on any atom is -0.468 e. The van der Waals surface area contributed by atoms with Gasteiger partial charge in [0.15, 0.2) is 0 Å². The summed E-state index contributed by atoms with van der Waals surface area (Å²) in [6, 6.07) is 23.2. The molecule has 1 atom stereocenters. The van der Waals surface area contributed by atoms with Crippen LogP contribution in [0.5, 0.6) is 0 Å². The second-order valence-electron chi connectivity index (χ2n) is 6.79. The van der Waals surface area contributed by atoms with Crippen LogP contribution in [0.1, 0.15) is 24.3 Å². The van der Waals surface area contributed by atoms with Crippen molar-refractivity contribution in [2.24, 2.45) is 0 Å². The van der Waals surface area contributed by atoms with Crippen LogP contribution in [0.3, 0.4) is 0 Å². The number of aldehydes is 1. The summed E-state index contributed by atoms with van der Waals surface area (Å²) in [7, 11) is -3.25. The second kappa shape index (κ2) is 8.07. The van der Waals surface area contributed by atoms with Gasteiger partial charge in [0.05, 0.1) is 6.26 Å². The minimum absolute atomic E-state index is 0.136. The topological polar surface area (TPSA) is 53.8 Å². The molecule has 1 saturated heterocycles. The molecule has 0 bridgehead atoms. The van der Waals surface area contributed by atoms with Gasteiger partial charge in [-0.05, 0) is 42.8 Å². The molecule has 1 aromatic heterocycles. The maximum atomic E-state index is 14.9. The first kappa shape index (κ1) is 18.6. The lowest BCUT2D eigenvalue weighted by Gasteiger charge is -2.48. The summed E-state index contributed by atoms with van der Waals surface area (Å²) in [5, 5.41) is 0. The van der Waals surface area contributed by atoms with Gasteiger partial charge in [0.25, 0.3) is 7.44 Å². The van der Waals surface area contributed by atoms with Gasteiger partial charge in [-0.1, -0.05) is 36.4 Å². The van der Waals surface area contributed by atoms with Crippen molar-refractivity contribution < 1.29 is 13.8 Å². The highest BCUT2D eigenvalue weighted by Gasteiger charge is 2.48. The Morgan fingerprint density at radius 2 is 1.46 bits per heavy atom. The van der Waals surface area contributed by atoms with Crippen molar-refractivity contribution in [3.63, 3.8) is 0 Å². The van der Waals surface area contributed by atoms with Crippen molar-refractivity contribution >= 4 is 25.1 Å². The van der Waals surface area contributed by atoms with Gasteiger partial charge in [-0.15, -0.1) is 0 Å². The number of hydrogen-bond donors (Lipinski definition) is 0. The number of benzene rings is 2. The van der Waals surface area contributed by atoms with E-state index in [9.17, 15) is 9.36 Å². The Bertz CT molecular complexity index is 893. The van der Waals surface area contributed by atoms with Crippen molar-refractivity contribution in [1.29, 1.82) is 0 Å². The molecule has 3 aromatic rings. The van der Waals surface area contributed by atoms with E-state index in [1.807, 2.05) is 76.1 Å². The Morgan fingerprint density at radius 3 is 1.93 bits per heavy atom. The normalized spacial score (nSPS) is 17.3. The lowest BCUT2D eigenvalue weighted by atomic mass is 10.2. The first-order valence-corrected chi connectivity index (χ1v) is 11.2. The van der Waals surface area contributed by atoms with E-state index in [0.29, 0.717) is 18.8 Å². The fourth-order valence-corrected chi connectivity index (χ4v) is 7.46. The van der Waals surface area contributed by atoms with Crippen LogP contribution in [-0.2, 0) is 9.36 Å². The predicted octanol–water partition coefficient (Wildman–Crippen LogP) is 5.52. The molecule has 4 rings (SSSR count). The lowest BCUT2D eigenvalue weighted by Crippen LogP contribution is -2.41. The molecule has 0 radical (unpaired) electrons. The van der Waals surface area contributed by atoms with Crippen molar-refractivity contribution in [2.75, 3.05) is 22.4 Å². The Hall–Kier alpha value is -2.78. The standard InChI is InChI=1S/C22H23N2O3P/c25-17-14-22(21-13-7-18-27-21)28(26)23(19-9-3-1-4-10-19)15-8-16-24(28)20-11-5-2-6-12-20/h1-7,9-13,17-18,22H,8,14-16H2. The van der Waals surface area contributed by atoms with Gasteiger partial charge in [-0.2, -0.15) is 0 Å². The summed E-state index contributed by atoms with van der Waals surface area (Å²) < 4.78 is 24.5. The quantitative estimate of drug-likeness (QED) is 0.407. The zero-order valence-electron chi connectivity index (χ0n) is 15.6. The molecule has 6 heteroatoms. The molecule has 2 heterocycles. The largest absolute Gasteiger partial charge is 0.468 e. The highest BCUT2D eigenvalue weighted by Crippen LogP contribution is 2.68. The lowest BCUT2D eigenvalue weighted by molar-refractivity contribution is -0.107. The third kappa shape index (κ3) is 3.27. The van der Waals surface area contributed by atoms with E-state index in [1.165, 1.54) is 0 Å². The fourth-order valence-electron chi connectivity index (χ4n) is 3.90. The Morgan fingerprint density at radius 1 is 0.893 bits per heavy atom. The van der Waals surface area contributed by atoms with Gasteiger partial charge in [0.2, 0.25) is 0 Å². The van der Waals surface area contributed by atoms with Crippen LogP contribution in [0.2, 0.25) is 0 Å². The predicted molar refractivity (Wildman–Crippen MR) is 112 cm³/mol. The third-order valence-corrected chi connectivity index (χ3v) is 8.66. The molecule has 5 nitrogen and oxygen atoms in total. The summed E-state index contributed by atoms with van der Waals surface area (Å²) in [6.07, 6.45) is 3.42. The van der Waals surface area contributed by atoms with E-state index >= 15 is 0 Å². The number of carbonyl (C=O) groups is 1. The average Bonchev–Trinajstić information content (AvgIpc) is 3.27. The molecule has 1 aliphatic heterocycles. The average molecular weight is 394 g/mol. The summed E-state index contributed by atoms with van der Waals surface area (Å²) >= 11 is 0. The van der Waals surface area contributed by atoms with Crippen molar-refractivity contribution in [2.45, 2.75) is 18.5 Å². The van der Waals surface area contributed by atoms with Crippen LogP contribution < -0.4 is 9.34 Å². The van der Waals surface area contributed by atoms with Gasteiger partial charge < -0.3 is 18.6 Å². The molecule has 28 heavy (non-hydrogen) atoms. The van der Waals surface area contributed by atoms with Gasteiger partial charge >= 0.3 is 0 Å². The van der Waals surface area contributed by atoms with E-state index in [-0.39, 0.29) is 6.42 Å². The molecular weight excluding hydrogens is 371 g/mol. The van der Waals surface area contributed by atoms with Crippen molar-refractivity contribution in [1.82, 2.24) is 0 Å². The van der Waals surface area contributed by atoms with Crippen LogP contribution in [0.15, 0.2) is 83.5 Å². The van der Waals surface area contributed by atoms with Gasteiger partial charge in [-0.25, -0.2) is 0 Å². The summed E-state index contributed by atoms with van der Waals surface area (Å²) in [5.41, 5.74) is 1.25. The van der Waals surface area contributed by atoms with Gasteiger partial charge in [-0.3, -0.25) is 4.57 Å². The van der Waals surface area contributed by atoms with Crippen LogP contribution in [0, 0.1) is 0 Å². The number of nitrogens with zero attached hydrogens (tertiary/aromatic N) is 2. The van der Waals surface area contributed by atoms with Crippen LogP contribution >= 0.6 is 7.44 Å². The summed E-state index contributed by atoms with van der Waals surface area (Å²) in [6.45, 7) is 1.33. The Labute approximate surface area is 165 Å². The zero-order valence-corrected chi connectivity index (χ0v) is 16.4. The van der Waals surface area contributed by atoms with E-state index in [0.717, 1.165) is 24.1 Å². The van der Waals surface area contributed by atoms with Crippen molar-refractivity contribution in [3.8, 4) is 0 Å². The highest BCUT2D eigenvalue weighted by atomic mass is 31.2. The summed E-state index contributed by atoms with van der Waals surface area (Å²) in [5.74, 6) is 0.583. The zero-order chi connectivity index (χ0) is 19.4. The molecule has 0 N–H and O–H groups in total. The molecule has 0 aliphatic carbocycles. The van der Waals surface area contributed by atoms with E-state index in [2.05, 4.69) is 0 Å². The Kier molecular flexibility index (Phi) is 5.36. The minimum atomic E-state index is -3.25. The molecule has 0 saturated carbocycles.